The third-order valence-corrected chi connectivity index (χ3v) is 5.04. The Kier molecular flexibility index (Phi) is 3.38. The number of aryl methyl sites for hydroxylation is 2. The summed E-state index contributed by atoms with van der Waals surface area (Å²) < 4.78 is 38.1. The van der Waals surface area contributed by atoms with Crippen molar-refractivity contribution in [2.24, 2.45) is 0 Å². The molecule has 5 nitrogen and oxygen atoms in total. The summed E-state index contributed by atoms with van der Waals surface area (Å²) in [5.41, 5.74) is 2.10. The molecule has 0 bridgehead atoms. The Labute approximate surface area is 149 Å². The number of aromatic nitrogens is 1. The number of methoxy groups -OCH3 is 1. The Balaban J connectivity index is 2.01. The highest BCUT2D eigenvalue weighted by Crippen LogP contribution is 2.36. The molecule has 2 aliphatic rings. The van der Waals surface area contributed by atoms with E-state index >= 15 is 8.63 Å². The first kappa shape index (κ1) is 16.6. The Morgan fingerprint density at radius 3 is 2.42 bits per heavy atom. The fraction of sp³-hybridized carbons (Fsp3) is 0.222. The zero-order chi connectivity index (χ0) is 18.8. The number of rotatable bonds is 2. The maximum absolute atomic E-state index is 15.5. The van der Waals surface area contributed by atoms with Gasteiger partial charge in [-0.1, -0.05) is 0 Å². The van der Waals surface area contributed by atoms with Gasteiger partial charge in [-0.05, 0) is 55.4 Å². The Bertz CT molecular complexity index is 1010. The number of benzene rings is 1. The Morgan fingerprint density at radius 1 is 1.15 bits per heavy atom. The molecule has 1 aromatic carbocycles. The summed E-state index contributed by atoms with van der Waals surface area (Å²) in [6, 6.07) is 8.44. The molecule has 0 fully saturated rings. The van der Waals surface area contributed by atoms with E-state index in [-0.39, 0.29) is 11.5 Å². The number of ether oxygens (including phenoxy) is 1. The van der Waals surface area contributed by atoms with Crippen molar-refractivity contribution < 1.29 is 22.6 Å². The lowest BCUT2D eigenvalue weighted by Gasteiger charge is -2.32. The second-order valence-corrected chi connectivity index (χ2v) is 6.63. The van der Waals surface area contributed by atoms with Crippen LogP contribution >= 0.6 is 0 Å². The summed E-state index contributed by atoms with van der Waals surface area (Å²) in [5.74, 6) is 0.347. The second-order valence-electron chi connectivity index (χ2n) is 6.63. The van der Waals surface area contributed by atoms with E-state index in [4.69, 9.17) is 4.74 Å². The first-order chi connectivity index (χ1) is 12.3. The molecule has 2 aromatic rings. The molecule has 0 N–H and O–H groups in total. The van der Waals surface area contributed by atoms with E-state index in [2.05, 4.69) is 0 Å². The summed E-state index contributed by atoms with van der Waals surface area (Å²) in [6.45, 7) is -0.767. The number of nitrogens with zero attached hydrogens (tertiary/aromatic N) is 3. The summed E-state index contributed by atoms with van der Waals surface area (Å²) in [7, 11) is 3.05. The van der Waals surface area contributed by atoms with Gasteiger partial charge in [-0.25, -0.2) is 4.79 Å². The molecule has 0 saturated heterocycles. The molecule has 0 saturated carbocycles. The molecule has 0 spiro atoms. The fourth-order valence-corrected chi connectivity index (χ4v) is 3.84. The molecule has 8 heteroatoms. The molecule has 0 radical (unpaired) electrons. The van der Waals surface area contributed by atoms with Crippen molar-refractivity contribution >= 4 is 24.8 Å². The van der Waals surface area contributed by atoms with E-state index in [1.54, 1.807) is 50.3 Å². The monoisotopic (exact) mass is 357 g/mol. The van der Waals surface area contributed by atoms with E-state index in [0.717, 1.165) is 14.5 Å². The summed E-state index contributed by atoms with van der Waals surface area (Å²) in [4.78, 5) is 14.0. The standard InChI is InChI=1S/C18H18BF2N3O2/c1-11-9-12(2)23-15(11)10-16-18(25)22(3)17(24(16)19(23,20)21)13-5-7-14(26-4)8-6-13/h5-10H,1-4H3. The van der Waals surface area contributed by atoms with Crippen LogP contribution in [0.3, 0.4) is 0 Å². The maximum atomic E-state index is 15.5. The molecule has 1 aromatic heterocycles. The molecule has 0 aliphatic carbocycles. The van der Waals surface area contributed by atoms with E-state index in [1.807, 2.05) is 0 Å². The van der Waals surface area contributed by atoms with Crippen LogP contribution < -0.4 is 4.74 Å². The van der Waals surface area contributed by atoms with Crippen LogP contribution in [-0.2, 0) is 4.79 Å². The lowest BCUT2D eigenvalue weighted by molar-refractivity contribution is -0.360. The van der Waals surface area contributed by atoms with Crippen LogP contribution in [0.15, 0.2) is 36.0 Å². The fourth-order valence-electron chi connectivity index (χ4n) is 3.84. The van der Waals surface area contributed by atoms with Gasteiger partial charge in [0.05, 0.1) is 19.7 Å². The van der Waals surface area contributed by atoms with Crippen molar-refractivity contribution in [1.29, 1.82) is 0 Å². The lowest BCUT2D eigenvalue weighted by atomic mass is 9.90. The number of amidine groups is 1. The SMILES string of the molecule is COc1ccc(C2=[N+]3C(=Cc4c(C)cc(C)n4[B-]3(F)F)C(=O)N2C)cc1. The predicted molar refractivity (Wildman–Crippen MR) is 95.4 cm³/mol. The van der Waals surface area contributed by atoms with E-state index in [9.17, 15) is 4.79 Å². The normalized spacial score (nSPS) is 18.0. The first-order valence-electron chi connectivity index (χ1n) is 8.28. The summed E-state index contributed by atoms with van der Waals surface area (Å²) in [5, 5.41) is 0. The van der Waals surface area contributed by atoms with Crippen LogP contribution in [0.5, 0.6) is 5.75 Å². The van der Waals surface area contributed by atoms with Gasteiger partial charge in [0.1, 0.15) is 5.75 Å². The van der Waals surface area contributed by atoms with Crippen LogP contribution in [0.1, 0.15) is 22.5 Å². The molecule has 4 rings (SSSR count). The highest BCUT2D eigenvalue weighted by Gasteiger charge is 2.54. The van der Waals surface area contributed by atoms with Crippen LogP contribution in [-0.4, -0.2) is 46.7 Å². The number of carbonyl (C=O) groups is 1. The number of fused-ring (bicyclic) bond motifs is 2. The van der Waals surface area contributed by atoms with Crippen LogP contribution in [0.4, 0.5) is 8.63 Å². The van der Waals surface area contributed by atoms with Gasteiger partial charge in [0.2, 0.25) is 0 Å². The number of carbonyl (C=O) groups excluding carboxylic acids is 1. The Hall–Kier alpha value is -2.90. The van der Waals surface area contributed by atoms with Gasteiger partial charge in [0.15, 0.2) is 5.70 Å². The Morgan fingerprint density at radius 2 is 1.81 bits per heavy atom. The average Bonchev–Trinajstić information content (AvgIpc) is 3.04. The number of hydrogen-bond acceptors (Lipinski definition) is 2. The third kappa shape index (κ3) is 2.01. The van der Waals surface area contributed by atoms with Crippen LogP contribution in [0.25, 0.3) is 6.08 Å². The van der Waals surface area contributed by atoms with Crippen molar-refractivity contribution in [2.75, 3.05) is 14.2 Å². The van der Waals surface area contributed by atoms with Gasteiger partial charge in [-0.15, -0.1) is 0 Å². The molecule has 0 unspecified atom stereocenters. The smallest absolute Gasteiger partial charge is 0.497 e. The van der Waals surface area contributed by atoms with Crippen molar-refractivity contribution in [2.45, 2.75) is 13.8 Å². The van der Waals surface area contributed by atoms with Gasteiger partial charge in [0, 0.05) is 11.8 Å². The molecule has 2 aliphatic heterocycles. The largest absolute Gasteiger partial charge is 0.639 e. The highest BCUT2D eigenvalue weighted by atomic mass is 19.2. The van der Waals surface area contributed by atoms with Crippen LogP contribution in [0.2, 0.25) is 0 Å². The summed E-state index contributed by atoms with van der Waals surface area (Å²) >= 11 is 0. The van der Waals surface area contributed by atoms with Crippen molar-refractivity contribution in [3.05, 3.63) is 58.5 Å². The molecule has 1 amide bonds. The predicted octanol–water partition coefficient (Wildman–Crippen LogP) is 2.62. The van der Waals surface area contributed by atoms with Crippen molar-refractivity contribution in [3.63, 3.8) is 0 Å². The van der Waals surface area contributed by atoms with Gasteiger partial charge >= 0.3 is 12.9 Å². The number of likely N-dealkylation sites (N-methyl/N-ethyl adjacent to an activating group) is 1. The molecule has 0 atom stereocenters. The third-order valence-electron chi connectivity index (χ3n) is 5.04. The molecule has 26 heavy (non-hydrogen) atoms. The topological polar surface area (TPSA) is 37.5 Å². The lowest BCUT2D eigenvalue weighted by Crippen LogP contribution is -2.51. The van der Waals surface area contributed by atoms with Crippen LogP contribution in [0, 0.1) is 13.8 Å². The highest BCUT2D eigenvalue weighted by molar-refractivity contribution is 6.59. The zero-order valence-electron chi connectivity index (χ0n) is 15.0. The van der Waals surface area contributed by atoms with Crippen molar-refractivity contribution in [1.82, 2.24) is 9.38 Å². The number of hydrogen-bond donors (Lipinski definition) is 0. The summed E-state index contributed by atoms with van der Waals surface area (Å²) in [6.07, 6.45) is 1.55. The second kappa shape index (κ2) is 5.30. The molecular weight excluding hydrogens is 339 g/mol. The maximum Gasteiger partial charge on any atom is 0.639 e. The molecular formula is C18H18BF2N3O2. The molecule has 3 heterocycles. The molecule has 134 valence electrons. The zero-order valence-corrected chi connectivity index (χ0v) is 15.0. The average molecular weight is 357 g/mol. The van der Waals surface area contributed by atoms with Gasteiger partial charge in [-0.2, -0.15) is 4.90 Å². The minimum atomic E-state index is -4.19. The van der Waals surface area contributed by atoms with Gasteiger partial charge in [0.25, 0.3) is 5.84 Å². The van der Waals surface area contributed by atoms with Crippen molar-refractivity contribution in [3.8, 4) is 5.75 Å². The van der Waals surface area contributed by atoms with Gasteiger partial charge in [-0.3, -0.25) is 0 Å². The van der Waals surface area contributed by atoms with Gasteiger partial charge < -0.3 is 22.3 Å². The van der Waals surface area contributed by atoms with E-state index < -0.39 is 12.9 Å². The van der Waals surface area contributed by atoms with E-state index in [1.165, 1.54) is 19.1 Å². The first-order valence-corrected chi connectivity index (χ1v) is 8.28. The number of amides is 1. The minimum absolute atomic E-state index is 0.00276. The quantitative estimate of drug-likeness (QED) is 0.775. The van der Waals surface area contributed by atoms with E-state index in [0.29, 0.717) is 22.7 Å². The minimum Gasteiger partial charge on any atom is -0.497 e. The number of halogens is 2.